The quantitative estimate of drug-likeness (QED) is 0.358. The number of carbonyl (C=O) groups excluding carboxylic acids is 1. The molecule has 0 unspecified atom stereocenters. The molecule has 0 aliphatic carbocycles. The summed E-state index contributed by atoms with van der Waals surface area (Å²) < 4.78 is 19.4. The Morgan fingerprint density at radius 1 is 1.22 bits per heavy atom. The van der Waals surface area contributed by atoms with Crippen LogP contribution in [0.3, 0.4) is 0 Å². The van der Waals surface area contributed by atoms with Gasteiger partial charge in [-0.05, 0) is 44.5 Å². The molecule has 2 rings (SSSR count). The normalized spacial score (nSPS) is 12.4. The molecule has 0 spiro atoms. The van der Waals surface area contributed by atoms with Crippen molar-refractivity contribution >= 4 is 29.1 Å². The molecule has 0 aliphatic rings. The van der Waals surface area contributed by atoms with Gasteiger partial charge in [0, 0.05) is 11.3 Å². The second-order valence-corrected chi connectivity index (χ2v) is 7.69. The highest BCUT2D eigenvalue weighted by atomic mass is 32.2. The summed E-state index contributed by atoms with van der Waals surface area (Å²) in [4.78, 5) is 12.0. The van der Waals surface area contributed by atoms with E-state index in [0.29, 0.717) is 5.75 Å². The molecule has 0 bridgehead atoms. The van der Waals surface area contributed by atoms with E-state index in [2.05, 4.69) is 10.2 Å². The zero-order valence-electron chi connectivity index (χ0n) is 15.5. The SMILES string of the molecule is CC(C)(C)OC(=O)c1ccc(C=NN=C(N)SCc2ccccc2)c(F)c1. The Hall–Kier alpha value is -2.67. The maximum Gasteiger partial charge on any atom is 0.338 e. The third-order valence-electron chi connectivity index (χ3n) is 3.22. The van der Waals surface area contributed by atoms with Gasteiger partial charge in [0.05, 0.1) is 11.8 Å². The van der Waals surface area contributed by atoms with E-state index in [1.807, 2.05) is 30.3 Å². The number of hydrogen-bond acceptors (Lipinski definition) is 5. The van der Waals surface area contributed by atoms with Crippen molar-refractivity contribution in [1.82, 2.24) is 0 Å². The molecule has 2 N–H and O–H groups in total. The molecule has 5 nitrogen and oxygen atoms in total. The summed E-state index contributed by atoms with van der Waals surface area (Å²) >= 11 is 1.34. The number of thioether (sulfide) groups is 1. The lowest BCUT2D eigenvalue weighted by Crippen LogP contribution is -2.24. The standard InChI is InChI=1S/C20H22FN3O2S/c1-20(2,3)26-18(25)15-9-10-16(17(21)11-15)12-23-24-19(22)27-13-14-7-5-4-6-8-14/h4-12H,13H2,1-3H3,(H2,22,24). The van der Waals surface area contributed by atoms with Gasteiger partial charge in [-0.2, -0.15) is 5.10 Å². The molecule has 0 aliphatic heterocycles. The number of carbonyl (C=O) groups is 1. The van der Waals surface area contributed by atoms with E-state index in [-0.39, 0.29) is 16.3 Å². The summed E-state index contributed by atoms with van der Waals surface area (Å²) in [6.45, 7) is 5.25. The molecule has 0 amide bonds. The smallest absolute Gasteiger partial charge is 0.338 e. The van der Waals surface area contributed by atoms with E-state index >= 15 is 0 Å². The Morgan fingerprint density at radius 2 is 1.93 bits per heavy atom. The number of amidine groups is 1. The van der Waals surface area contributed by atoms with Crippen LogP contribution in [0, 0.1) is 5.82 Å². The molecule has 0 fully saturated rings. The first-order valence-corrected chi connectivity index (χ1v) is 9.29. The average Bonchev–Trinajstić information content (AvgIpc) is 2.60. The summed E-state index contributed by atoms with van der Waals surface area (Å²) in [5.41, 5.74) is 6.61. The van der Waals surface area contributed by atoms with Crippen LogP contribution in [0.4, 0.5) is 4.39 Å². The third-order valence-corrected chi connectivity index (χ3v) is 4.07. The summed E-state index contributed by atoms with van der Waals surface area (Å²) in [7, 11) is 0. The van der Waals surface area contributed by atoms with Crippen LogP contribution < -0.4 is 5.73 Å². The summed E-state index contributed by atoms with van der Waals surface area (Å²) in [6, 6.07) is 13.9. The predicted octanol–water partition coefficient (Wildman–Crippen LogP) is 4.36. The minimum absolute atomic E-state index is 0.140. The zero-order valence-corrected chi connectivity index (χ0v) is 16.3. The van der Waals surface area contributed by atoms with Gasteiger partial charge in [0.25, 0.3) is 0 Å². The molecular weight excluding hydrogens is 365 g/mol. The van der Waals surface area contributed by atoms with E-state index in [4.69, 9.17) is 10.5 Å². The van der Waals surface area contributed by atoms with E-state index in [1.54, 1.807) is 20.8 Å². The van der Waals surface area contributed by atoms with Gasteiger partial charge in [0.1, 0.15) is 11.4 Å². The second kappa shape index (κ2) is 9.32. The monoisotopic (exact) mass is 387 g/mol. The average molecular weight is 387 g/mol. The highest BCUT2D eigenvalue weighted by Crippen LogP contribution is 2.15. The minimum atomic E-state index is -0.642. The van der Waals surface area contributed by atoms with Gasteiger partial charge in [0.2, 0.25) is 0 Å². The fraction of sp³-hybridized carbons (Fsp3) is 0.250. The fourth-order valence-electron chi connectivity index (χ4n) is 2.00. The van der Waals surface area contributed by atoms with Crippen LogP contribution in [-0.2, 0) is 10.5 Å². The van der Waals surface area contributed by atoms with Crippen LogP contribution in [0.1, 0.15) is 42.3 Å². The van der Waals surface area contributed by atoms with Gasteiger partial charge in [-0.1, -0.05) is 42.1 Å². The van der Waals surface area contributed by atoms with Gasteiger partial charge in [-0.25, -0.2) is 9.18 Å². The summed E-state index contributed by atoms with van der Waals surface area (Å²) in [5.74, 6) is -0.498. The summed E-state index contributed by atoms with van der Waals surface area (Å²) in [6.07, 6.45) is 1.25. The van der Waals surface area contributed by atoms with Crippen LogP contribution in [0.5, 0.6) is 0 Å². The van der Waals surface area contributed by atoms with Gasteiger partial charge in [-0.3, -0.25) is 0 Å². The molecule has 0 heterocycles. The zero-order chi connectivity index (χ0) is 19.9. The predicted molar refractivity (Wildman–Crippen MR) is 109 cm³/mol. The van der Waals surface area contributed by atoms with Crippen molar-refractivity contribution in [3.8, 4) is 0 Å². The van der Waals surface area contributed by atoms with Crippen molar-refractivity contribution in [2.24, 2.45) is 15.9 Å². The lowest BCUT2D eigenvalue weighted by molar-refractivity contribution is 0.00690. The number of esters is 1. The number of rotatable bonds is 5. The van der Waals surface area contributed by atoms with Crippen molar-refractivity contribution in [3.05, 3.63) is 71.0 Å². The van der Waals surface area contributed by atoms with Crippen molar-refractivity contribution in [1.29, 1.82) is 0 Å². The van der Waals surface area contributed by atoms with Gasteiger partial charge >= 0.3 is 5.97 Å². The summed E-state index contributed by atoms with van der Waals surface area (Å²) in [5, 5.41) is 7.94. The van der Waals surface area contributed by atoms with Gasteiger partial charge in [-0.15, -0.1) is 5.10 Å². The van der Waals surface area contributed by atoms with Crippen LogP contribution in [0.15, 0.2) is 58.7 Å². The largest absolute Gasteiger partial charge is 0.456 e. The molecule has 27 heavy (non-hydrogen) atoms. The highest BCUT2D eigenvalue weighted by molar-refractivity contribution is 8.13. The van der Waals surface area contributed by atoms with E-state index in [1.165, 1.54) is 30.1 Å². The van der Waals surface area contributed by atoms with Crippen molar-refractivity contribution < 1.29 is 13.9 Å². The second-order valence-electron chi connectivity index (χ2n) is 6.70. The van der Waals surface area contributed by atoms with Crippen LogP contribution in [0.25, 0.3) is 0 Å². The molecule has 0 radical (unpaired) electrons. The van der Waals surface area contributed by atoms with Crippen LogP contribution >= 0.6 is 11.8 Å². The van der Waals surface area contributed by atoms with E-state index in [0.717, 1.165) is 11.6 Å². The van der Waals surface area contributed by atoms with Crippen LogP contribution in [-0.4, -0.2) is 23.0 Å². The van der Waals surface area contributed by atoms with Crippen LogP contribution in [0.2, 0.25) is 0 Å². The Morgan fingerprint density at radius 3 is 2.56 bits per heavy atom. The lowest BCUT2D eigenvalue weighted by atomic mass is 10.1. The Labute approximate surface area is 162 Å². The molecule has 2 aromatic rings. The number of benzene rings is 2. The number of halogens is 1. The maximum absolute atomic E-state index is 14.2. The number of nitrogens with zero attached hydrogens (tertiary/aromatic N) is 2. The van der Waals surface area contributed by atoms with Crippen molar-refractivity contribution in [3.63, 3.8) is 0 Å². The van der Waals surface area contributed by atoms with Gasteiger partial charge < -0.3 is 10.5 Å². The number of ether oxygens (including phenoxy) is 1. The minimum Gasteiger partial charge on any atom is -0.456 e. The molecule has 2 aromatic carbocycles. The molecule has 7 heteroatoms. The first-order chi connectivity index (χ1) is 12.7. The molecule has 0 saturated heterocycles. The topological polar surface area (TPSA) is 77.0 Å². The Balaban J connectivity index is 1.97. The third kappa shape index (κ3) is 7.22. The first kappa shape index (κ1) is 20.6. The molecule has 0 aromatic heterocycles. The molecule has 142 valence electrons. The molecule has 0 atom stereocenters. The number of hydrogen-bond donors (Lipinski definition) is 1. The van der Waals surface area contributed by atoms with E-state index in [9.17, 15) is 9.18 Å². The Kier molecular flexibility index (Phi) is 7.12. The van der Waals surface area contributed by atoms with E-state index < -0.39 is 17.4 Å². The first-order valence-electron chi connectivity index (χ1n) is 8.31. The highest BCUT2D eigenvalue weighted by Gasteiger charge is 2.18. The van der Waals surface area contributed by atoms with Crippen molar-refractivity contribution in [2.75, 3.05) is 0 Å². The lowest BCUT2D eigenvalue weighted by Gasteiger charge is -2.19. The fourth-order valence-corrected chi connectivity index (χ4v) is 2.62. The molecular formula is C20H22FN3O2S. The van der Waals surface area contributed by atoms with Crippen molar-refractivity contribution in [2.45, 2.75) is 32.1 Å². The Bertz CT molecular complexity index is 846. The van der Waals surface area contributed by atoms with Gasteiger partial charge in [0.15, 0.2) is 5.17 Å². The molecule has 0 saturated carbocycles. The number of nitrogens with two attached hydrogens (primary N) is 1. The maximum atomic E-state index is 14.2.